The molecule has 0 saturated carbocycles. The van der Waals surface area contributed by atoms with Gasteiger partial charge in [0, 0.05) is 14.1 Å². The first-order valence-corrected chi connectivity index (χ1v) is 7.13. The number of ketones is 1. The summed E-state index contributed by atoms with van der Waals surface area (Å²) >= 11 is 1.16. The first kappa shape index (κ1) is 15.2. The second-order valence-electron chi connectivity index (χ2n) is 4.67. The Balaban J connectivity index is 2.41. The molecule has 0 N–H and O–H groups in total. The summed E-state index contributed by atoms with van der Waals surface area (Å²) in [5.74, 6) is 0.0323. The second kappa shape index (κ2) is 5.65. The zero-order valence-corrected chi connectivity index (χ0v) is 12.7. The molecular formula is C12H14N5O3S+. The van der Waals surface area contributed by atoms with E-state index in [1.54, 1.807) is 0 Å². The third kappa shape index (κ3) is 2.54. The van der Waals surface area contributed by atoms with Gasteiger partial charge in [0.15, 0.2) is 6.54 Å². The molecule has 2 aliphatic heterocycles. The first-order valence-electron chi connectivity index (χ1n) is 6.15. The SMILES string of the molecule is CC(=O)CSC1=[N+](CC#N)C2C(=O)N(C)C(=O)N(C)C2=N1. The van der Waals surface area contributed by atoms with Crippen LogP contribution in [0.4, 0.5) is 4.79 Å². The number of urea groups is 1. The van der Waals surface area contributed by atoms with Gasteiger partial charge in [0.1, 0.15) is 11.9 Å². The van der Waals surface area contributed by atoms with Crippen molar-refractivity contribution in [3.05, 3.63) is 0 Å². The molecule has 1 unspecified atom stereocenters. The van der Waals surface area contributed by atoms with E-state index in [1.807, 2.05) is 6.07 Å². The smallest absolute Gasteiger partial charge is 0.299 e. The number of nitriles is 1. The molecular weight excluding hydrogens is 294 g/mol. The van der Waals surface area contributed by atoms with Crippen LogP contribution in [0.25, 0.3) is 0 Å². The van der Waals surface area contributed by atoms with Crippen LogP contribution in [0, 0.1) is 11.3 Å². The lowest BCUT2D eigenvalue weighted by Crippen LogP contribution is -2.61. The molecule has 2 rings (SSSR count). The molecule has 1 atom stereocenters. The summed E-state index contributed by atoms with van der Waals surface area (Å²) in [6.45, 7) is 1.41. The van der Waals surface area contributed by atoms with Gasteiger partial charge in [-0.15, -0.1) is 0 Å². The van der Waals surface area contributed by atoms with E-state index in [9.17, 15) is 14.4 Å². The van der Waals surface area contributed by atoms with Crippen LogP contribution in [0.3, 0.4) is 0 Å². The lowest BCUT2D eigenvalue weighted by Gasteiger charge is -2.30. The Hall–Kier alpha value is -2.21. The summed E-state index contributed by atoms with van der Waals surface area (Å²) in [5, 5.41) is 9.36. The highest BCUT2D eigenvalue weighted by atomic mass is 32.2. The zero-order chi connectivity index (χ0) is 15.7. The molecule has 0 bridgehead atoms. The van der Waals surface area contributed by atoms with Gasteiger partial charge in [0.05, 0.1) is 5.75 Å². The summed E-state index contributed by atoms with van der Waals surface area (Å²) in [7, 11) is 2.92. The Kier molecular flexibility index (Phi) is 4.09. The number of imide groups is 1. The van der Waals surface area contributed by atoms with Crippen LogP contribution in [0.1, 0.15) is 6.92 Å². The quantitative estimate of drug-likeness (QED) is 0.517. The molecule has 2 heterocycles. The molecule has 0 radical (unpaired) electrons. The zero-order valence-electron chi connectivity index (χ0n) is 11.9. The van der Waals surface area contributed by atoms with Crippen LogP contribution in [0.2, 0.25) is 0 Å². The fourth-order valence-corrected chi connectivity index (χ4v) is 2.92. The Bertz CT molecular complexity index is 633. The van der Waals surface area contributed by atoms with Crippen LogP contribution in [-0.2, 0) is 9.59 Å². The van der Waals surface area contributed by atoms with Crippen molar-refractivity contribution in [2.75, 3.05) is 26.4 Å². The van der Waals surface area contributed by atoms with Crippen molar-refractivity contribution >= 4 is 40.5 Å². The Labute approximate surface area is 125 Å². The van der Waals surface area contributed by atoms with Crippen LogP contribution in [0.5, 0.6) is 0 Å². The topological polar surface area (TPSA) is 96.8 Å². The van der Waals surface area contributed by atoms with Crippen LogP contribution in [-0.4, -0.2) is 75.5 Å². The minimum Gasteiger partial charge on any atom is -0.299 e. The highest BCUT2D eigenvalue weighted by molar-refractivity contribution is 8.14. The number of nitrogens with zero attached hydrogens (tertiary/aromatic N) is 5. The molecule has 0 aromatic heterocycles. The third-order valence-corrected chi connectivity index (χ3v) is 4.27. The summed E-state index contributed by atoms with van der Waals surface area (Å²) in [5.41, 5.74) is 0. The molecule has 3 amide bonds. The summed E-state index contributed by atoms with van der Waals surface area (Å²) < 4.78 is 1.52. The van der Waals surface area contributed by atoms with E-state index in [0.29, 0.717) is 11.0 Å². The number of amidine groups is 2. The monoisotopic (exact) mass is 308 g/mol. The summed E-state index contributed by atoms with van der Waals surface area (Å²) in [6, 6.07) is 0.728. The lowest BCUT2D eigenvalue weighted by molar-refractivity contribution is -0.521. The van der Waals surface area contributed by atoms with E-state index in [-0.39, 0.29) is 18.1 Å². The first-order chi connectivity index (χ1) is 9.88. The average Bonchev–Trinajstić information content (AvgIpc) is 2.80. The van der Waals surface area contributed by atoms with Crippen molar-refractivity contribution < 1.29 is 19.0 Å². The fourth-order valence-electron chi connectivity index (χ4n) is 2.09. The number of fused-ring (bicyclic) bond motifs is 1. The maximum absolute atomic E-state index is 12.3. The normalized spacial score (nSPS) is 21.4. The molecule has 9 heteroatoms. The van der Waals surface area contributed by atoms with Crippen molar-refractivity contribution in [1.29, 1.82) is 5.26 Å². The van der Waals surface area contributed by atoms with Gasteiger partial charge in [-0.25, -0.2) is 9.37 Å². The number of rotatable bonds is 3. The molecule has 2 aliphatic rings. The molecule has 0 spiro atoms. The van der Waals surface area contributed by atoms with E-state index < -0.39 is 18.0 Å². The number of carbonyl (C=O) groups is 3. The number of hydrogen-bond acceptors (Lipinski definition) is 6. The van der Waals surface area contributed by atoms with Gasteiger partial charge < -0.3 is 0 Å². The number of thioether (sulfide) groups is 1. The predicted molar refractivity (Wildman–Crippen MR) is 76.0 cm³/mol. The van der Waals surface area contributed by atoms with Crippen molar-refractivity contribution in [3.8, 4) is 6.07 Å². The number of hydrogen-bond donors (Lipinski definition) is 0. The van der Waals surface area contributed by atoms with E-state index in [4.69, 9.17) is 5.26 Å². The number of aliphatic imine (C=N–C) groups is 1. The van der Waals surface area contributed by atoms with Crippen molar-refractivity contribution in [3.63, 3.8) is 0 Å². The highest BCUT2D eigenvalue weighted by Gasteiger charge is 2.53. The summed E-state index contributed by atoms with van der Waals surface area (Å²) in [6.07, 6.45) is 0. The van der Waals surface area contributed by atoms with Gasteiger partial charge in [-0.05, 0) is 23.7 Å². The van der Waals surface area contributed by atoms with E-state index in [0.717, 1.165) is 16.7 Å². The second-order valence-corrected chi connectivity index (χ2v) is 5.61. The van der Waals surface area contributed by atoms with E-state index in [2.05, 4.69) is 4.99 Å². The number of carbonyl (C=O) groups excluding carboxylic acids is 3. The molecule has 1 saturated heterocycles. The Morgan fingerprint density at radius 3 is 2.67 bits per heavy atom. The van der Waals surface area contributed by atoms with Crippen LogP contribution in [0.15, 0.2) is 4.99 Å². The third-order valence-electron chi connectivity index (χ3n) is 3.14. The molecule has 0 aromatic rings. The van der Waals surface area contributed by atoms with Gasteiger partial charge in [0.2, 0.25) is 0 Å². The molecule has 21 heavy (non-hydrogen) atoms. The molecule has 0 aromatic carbocycles. The van der Waals surface area contributed by atoms with Crippen molar-refractivity contribution in [1.82, 2.24) is 9.80 Å². The molecule has 0 aliphatic carbocycles. The fraction of sp³-hybridized carbons (Fsp3) is 0.500. The van der Waals surface area contributed by atoms with Crippen molar-refractivity contribution in [2.24, 2.45) is 4.99 Å². The maximum Gasteiger partial charge on any atom is 0.359 e. The largest absolute Gasteiger partial charge is 0.359 e. The van der Waals surface area contributed by atoms with Gasteiger partial charge in [-0.2, -0.15) is 5.26 Å². The molecule has 110 valence electrons. The predicted octanol–water partition coefficient (Wildman–Crippen LogP) is -0.495. The van der Waals surface area contributed by atoms with Crippen molar-refractivity contribution in [2.45, 2.75) is 13.0 Å². The Morgan fingerprint density at radius 2 is 2.10 bits per heavy atom. The van der Waals surface area contributed by atoms with Gasteiger partial charge in [-0.3, -0.25) is 19.4 Å². The van der Waals surface area contributed by atoms with Crippen LogP contribution < -0.4 is 0 Å². The highest BCUT2D eigenvalue weighted by Crippen LogP contribution is 2.22. The number of Topliss-reactive ketones (excluding diaryl/α,β-unsaturated/α-hetero) is 1. The van der Waals surface area contributed by atoms with E-state index >= 15 is 0 Å². The Morgan fingerprint density at radius 1 is 1.43 bits per heavy atom. The van der Waals surface area contributed by atoms with Gasteiger partial charge in [-0.1, -0.05) is 0 Å². The maximum atomic E-state index is 12.3. The minimum atomic E-state index is -0.785. The number of amides is 3. The van der Waals surface area contributed by atoms with Gasteiger partial charge in [0.25, 0.3) is 17.8 Å². The van der Waals surface area contributed by atoms with Gasteiger partial charge >= 0.3 is 11.2 Å². The summed E-state index contributed by atoms with van der Waals surface area (Å²) in [4.78, 5) is 41.9. The van der Waals surface area contributed by atoms with Crippen LogP contribution >= 0.6 is 11.8 Å². The lowest BCUT2D eigenvalue weighted by atomic mass is 10.1. The standard InChI is InChI=1S/C12H14N5O3S/c1-7(18)6-21-11-14-9-8(17(11)5-4-13)10(19)16(3)12(20)15(9)2/h8H,5-6H2,1-3H3/q+1. The molecule has 8 nitrogen and oxygen atoms in total. The molecule has 1 fully saturated rings. The number of likely N-dealkylation sites (N-methyl/N-ethyl adjacent to an activating group) is 2. The average molecular weight is 308 g/mol. The minimum absolute atomic E-state index is 0.0349. The van der Waals surface area contributed by atoms with E-state index in [1.165, 1.54) is 30.5 Å².